The molecule has 0 aromatic rings. The molecular formula is C5H8O4. The van der Waals surface area contributed by atoms with Crippen molar-refractivity contribution < 1.29 is 20.1 Å². The van der Waals surface area contributed by atoms with Gasteiger partial charge >= 0.3 is 0 Å². The van der Waals surface area contributed by atoms with Crippen molar-refractivity contribution in [3.05, 3.63) is 0 Å². The van der Waals surface area contributed by atoms with Crippen molar-refractivity contribution in [1.29, 1.82) is 0 Å². The van der Waals surface area contributed by atoms with Gasteiger partial charge in [-0.05, 0) is 0 Å². The summed E-state index contributed by atoms with van der Waals surface area (Å²) in [5.41, 5.74) is 0. The van der Waals surface area contributed by atoms with E-state index in [1.165, 1.54) is 6.11 Å². The van der Waals surface area contributed by atoms with Crippen LogP contribution in [0.25, 0.3) is 0 Å². The molecule has 3 N–H and O–H groups in total. The molecule has 0 saturated heterocycles. The maximum absolute atomic E-state index is 8.58. The van der Waals surface area contributed by atoms with Crippen molar-refractivity contribution in [2.24, 2.45) is 0 Å². The summed E-state index contributed by atoms with van der Waals surface area (Å²) in [4.78, 5) is 0. The van der Waals surface area contributed by atoms with Gasteiger partial charge in [0.2, 0.25) is 6.29 Å². The van der Waals surface area contributed by atoms with Crippen molar-refractivity contribution in [3.63, 3.8) is 0 Å². The van der Waals surface area contributed by atoms with Crippen LogP contribution in [-0.2, 0) is 4.74 Å². The summed E-state index contributed by atoms with van der Waals surface area (Å²) < 4.78 is 4.22. The molecule has 1 unspecified atom stereocenters. The van der Waals surface area contributed by atoms with Crippen LogP contribution in [0.1, 0.15) is 6.42 Å². The molecule has 1 atom stereocenters. The number of aliphatic hydroxyl groups excluding tert-OH is 3. The molecule has 0 amide bonds. The SMILES string of the molecule is OC#COC(O)CCO. The molecule has 0 fully saturated rings. The van der Waals surface area contributed by atoms with Crippen molar-refractivity contribution in [2.75, 3.05) is 6.61 Å². The fourth-order valence-electron chi connectivity index (χ4n) is 0.264. The van der Waals surface area contributed by atoms with Crippen LogP contribution in [0, 0.1) is 12.2 Å². The molecular weight excluding hydrogens is 124 g/mol. The molecule has 4 heteroatoms. The molecule has 0 aromatic heterocycles. The van der Waals surface area contributed by atoms with E-state index in [0.717, 1.165) is 0 Å². The zero-order valence-corrected chi connectivity index (χ0v) is 4.74. The van der Waals surface area contributed by atoms with Gasteiger partial charge in [0, 0.05) is 13.0 Å². The van der Waals surface area contributed by atoms with Crippen LogP contribution >= 0.6 is 0 Å². The summed E-state index contributed by atoms with van der Waals surface area (Å²) in [6.45, 7) is -0.172. The van der Waals surface area contributed by atoms with E-state index in [1.807, 2.05) is 0 Å². The molecule has 0 aromatic carbocycles. The molecule has 0 heterocycles. The Kier molecular flexibility index (Phi) is 4.69. The van der Waals surface area contributed by atoms with Gasteiger partial charge in [0.05, 0.1) is 0 Å². The Balaban J connectivity index is 3.22. The summed E-state index contributed by atoms with van der Waals surface area (Å²) in [5.74, 6) is 0. The average molecular weight is 132 g/mol. The van der Waals surface area contributed by atoms with Crippen molar-refractivity contribution >= 4 is 0 Å². The summed E-state index contributed by atoms with van der Waals surface area (Å²) in [5, 5.41) is 24.6. The molecule has 4 nitrogen and oxygen atoms in total. The normalized spacial score (nSPS) is 11.3. The van der Waals surface area contributed by atoms with Gasteiger partial charge < -0.3 is 20.1 Å². The molecule has 0 bridgehead atoms. The summed E-state index contributed by atoms with van der Waals surface area (Å²) in [7, 11) is 0. The number of ether oxygens (including phenoxy) is 1. The van der Waals surface area contributed by atoms with E-state index in [9.17, 15) is 0 Å². The highest BCUT2D eigenvalue weighted by Crippen LogP contribution is 1.89. The average Bonchev–Trinajstić information content (AvgIpc) is 1.85. The second-order valence-electron chi connectivity index (χ2n) is 1.30. The number of aliphatic hydroxyl groups is 3. The van der Waals surface area contributed by atoms with Crippen molar-refractivity contribution in [1.82, 2.24) is 0 Å². The molecule has 0 rings (SSSR count). The van der Waals surface area contributed by atoms with Gasteiger partial charge in [-0.25, -0.2) is 0 Å². The molecule has 0 aliphatic carbocycles. The predicted octanol–water partition coefficient (Wildman–Crippen LogP) is -1.01. The standard InChI is InChI=1S/C5H8O4/c6-2-1-5(8)9-4-3-7/h5-8H,1-2H2. The first-order valence-corrected chi connectivity index (χ1v) is 2.40. The Morgan fingerprint density at radius 1 is 1.56 bits per heavy atom. The highest BCUT2D eigenvalue weighted by Gasteiger charge is 1.98. The van der Waals surface area contributed by atoms with Crippen LogP contribution in [0.15, 0.2) is 0 Å². The molecule has 9 heavy (non-hydrogen) atoms. The molecule has 0 spiro atoms. The maximum atomic E-state index is 8.58. The molecule has 0 aliphatic rings. The van der Waals surface area contributed by atoms with Gasteiger partial charge in [-0.15, -0.1) is 0 Å². The van der Waals surface area contributed by atoms with Crippen LogP contribution in [0.5, 0.6) is 0 Å². The topological polar surface area (TPSA) is 69.9 Å². The van der Waals surface area contributed by atoms with E-state index in [4.69, 9.17) is 15.3 Å². The lowest BCUT2D eigenvalue weighted by molar-refractivity contribution is -0.0540. The third-order valence-corrected chi connectivity index (χ3v) is 0.617. The highest BCUT2D eigenvalue weighted by molar-refractivity contribution is 4.77. The first-order valence-electron chi connectivity index (χ1n) is 2.40. The van der Waals surface area contributed by atoms with E-state index < -0.39 is 6.29 Å². The first kappa shape index (κ1) is 8.08. The minimum Gasteiger partial charge on any atom is -0.460 e. The van der Waals surface area contributed by atoms with E-state index in [-0.39, 0.29) is 13.0 Å². The van der Waals surface area contributed by atoms with Crippen LogP contribution in [-0.4, -0.2) is 28.2 Å². The van der Waals surface area contributed by atoms with Gasteiger partial charge in [0.1, 0.15) is 0 Å². The third kappa shape index (κ3) is 4.94. The largest absolute Gasteiger partial charge is 0.460 e. The molecule has 52 valence electrons. The smallest absolute Gasteiger partial charge is 0.210 e. The lowest BCUT2D eigenvalue weighted by atomic mass is 10.4. The fraction of sp³-hybridized carbons (Fsp3) is 0.600. The number of hydrogen-bond donors (Lipinski definition) is 3. The Morgan fingerprint density at radius 2 is 2.22 bits per heavy atom. The zero-order valence-electron chi connectivity index (χ0n) is 4.74. The molecule has 0 aliphatic heterocycles. The highest BCUT2D eigenvalue weighted by atomic mass is 16.6. The van der Waals surface area contributed by atoms with Crippen LogP contribution in [0.4, 0.5) is 0 Å². The van der Waals surface area contributed by atoms with Gasteiger partial charge in [-0.3, -0.25) is 0 Å². The minimum absolute atomic E-state index is 0.0919. The van der Waals surface area contributed by atoms with E-state index in [0.29, 0.717) is 0 Å². The second kappa shape index (κ2) is 5.22. The Labute approximate surface area is 52.7 Å². The van der Waals surface area contributed by atoms with Crippen molar-refractivity contribution in [3.8, 4) is 12.2 Å². The van der Waals surface area contributed by atoms with Crippen LogP contribution in [0.3, 0.4) is 0 Å². The summed E-state index contributed by atoms with van der Waals surface area (Å²) in [6.07, 6.45) is 2.20. The van der Waals surface area contributed by atoms with E-state index in [1.54, 1.807) is 6.11 Å². The second-order valence-corrected chi connectivity index (χ2v) is 1.30. The van der Waals surface area contributed by atoms with Gasteiger partial charge in [0.15, 0.2) is 12.2 Å². The third-order valence-electron chi connectivity index (χ3n) is 0.617. The number of hydrogen-bond acceptors (Lipinski definition) is 4. The van der Waals surface area contributed by atoms with Crippen molar-refractivity contribution in [2.45, 2.75) is 12.7 Å². The monoisotopic (exact) mass is 132 g/mol. The number of rotatable bonds is 3. The first-order chi connectivity index (χ1) is 4.31. The Morgan fingerprint density at radius 3 is 2.67 bits per heavy atom. The molecule has 0 saturated carbocycles. The van der Waals surface area contributed by atoms with Crippen LogP contribution < -0.4 is 0 Å². The zero-order chi connectivity index (χ0) is 7.11. The van der Waals surface area contributed by atoms with E-state index in [2.05, 4.69) is 4.74 Å². The van der Waals surface area contributed by atoms with Gasteiger partial charge in [-0.1, -0.05) is 0 Å². The Hall–Kier alpha value is -0.920. The van der Waals surface area contributed by atoms with Gasteiger partial charge in [-0.2, -0.15) is 0 Å². The predicted molar refractivity (Wildman–Crippen MR) is 28.5 cm³/mol. The van der Waals surface area contributed by atoms with Crippen LogP contribution in [0.2, 0.25) is 0 Å². The minimum atomic E-state index is -1.12. The quantitative estimate of drug-likeness (QED) is 0.340. The summed E-state index contributed by atoms with van der Waals surface area (Å²) >= 11 is 0. The van der Waals surface area contributed by atoms with Gasteiger partial charge in [0.25, 0.3) is 0 Å². The lowest BCUT2D eigenvalue weighted by Gasteiger charge is -2.02. The maximum Gasteiger partial charge on any atom is 0.210 e. The summed E-state index contributed by atoms with van der Waals surface area (Å²) in [6, 6.07) is 0. The lowest BCUT2D eigenvalue weighted by Crippen LogP contribution is -2.10. The Bertz CT molecular complexity index is 112. The molecule has 0 radical (unpaired) electrons. The fourth-order valence-corrected chi connectivity index (χ4v) is 0.264. The van der Waals surface area contributed by atoms with E-state index >= 15 is 0 Å².